The summed E-state index contributed by atoms with van der Waals surface area (Å²) >= 11 is 7.30. The molecular formula is C9H4BrIOS. The molecule has 0 unspecified atom stereocenters. The number of fused-ring (bicyclic) bond motifs is 1. The van der Waals surface area contributed by atoms with E-state index in [-0.39, 0.29) is 0 Å². The third-order valence-electron chi connectivity index (χ3n) is 1.78. The Balaban J connectivity index is 2.93. The van der Waals surface area contributed by atoms with Gasteiger partial charge in [0.25, 0.3) is 0 Å². The molecule has 0 aliphatic rings. The highest BCUT2D eigenvalue weighted by Gasteiger charge is 2.10. The second-order valence-electron chi connectivity index (χ2n) is 2.52. The SMILES string of the molecule is O=Cc1c(I)sc2c(Br)cccc12. The third-order valence-corrected chi connectivity index (χ3v) is 4.99. The van der Waals surface area contributed by atoms with E-state index in [1.807, 2.05) is 18.2 Å². The molecule has 0 aliphatic carbocycles. The number of thiophene rings is 1. The molecule has 0 radical (unpaired) electrons. The van der Waals surface area contributed by atoms with Crippen molar-refractivity contribution in [1.29, 1.82) is 0 Å². The summed E-state index contributed by atoms with van der Waals surface area (Å²) in [4.78, 5) is 10.8. The Kier molecular flexibility index (Phi) is 2.71. The van der Waals surface area contributed by atoms with Gasteiger partial charge in [0.2, 0.25) is 0 Å². The number of aldehydes is 1. The van der Waals surface area contributed by atoms with E-state index in [1.165, 1.54) is 0 Å². The van der Waals surface area contributed by atoms with Crippen LogP contribution in [0.1, 0.15) is 10.4 Å². The highest BCUT2D eigenvalue weighted by Crippen LogP contribution is 2.35. The Morgan fingerprint density at radius 3 is 2.92 bits per heavy atom. The lowest BCUT2D eigenvalue weighted by atomic mass is 10.2. The lowest BCUT2D eigenvalue weighted by Gasteiger charge is -1.91. The number of hydrogen-bond donors (Lipinski definition) is 0. The first-order valence-electron chi connectivity index (χ1n) is 3.55. The summed E-state index contributed by atoms with van der Waals surface area (Å²) in [7, 11) is 0. The van der Waals surface area contributed by atoms with Gasteiger partial charge in [0, 0.05) is 15.4 Å². The molecule has 0 saturated carbocycles. The molecule has 0 N–H and O–H groups in total. The largest absolute Gasteiger partial charge is 0.298 e. The second kappa shape index (κ2) is 3.67. The molecule has 0 amide bonds. The fourth-order valence-electron chi connectivity index (χ4n) is 1.18. The molecule has 0 aliphatic heterocycles. The van der Waals surface area contributed by atoms with Crippen molar-refractivity contribution in [3.63, 3.8) is 0 Å². The number of benzene rings is 1. The van der Waals surface area contributed by atoms with E-state index in [4.69, 9.17) is 0 Å². The monoisotopic (exact) mass is 366 g/mol. The van der Waals surface area contributed by atoms with Gasteiger partial charge in [0.1, 0.15) is 0 Å². The van der Waals surface area contributed by atoms with Crippen LogP contribution in [0.15, 0.2) is 22.7 Å². The van der Waals surface area contributed by atoms with Gasteiger partial charge in [-0.2, -0.15) is 0 Å². The molecule has 1 heterocycles. The van der Waals surface area contributed by atoms with Gasteiger partial charge in [-0.15, -0.1) is 11.3 Å². The highest BCUT2D eigenvalue weighted by molar-refractivity contribution is 14.1. The zero-order valence-electron chi connectivity index (χ0n) is 6.38. The average molecular weight is 367 g/mol. The van der Waals surface area contributed by atoms with E-state index in [9.17, 15) is 4.79 Å². The summed E-state index contributed by atoms with van der Waals surface area (Å²) in [6.45, 7) is 0. The van der Waals surface area contributed by atoms with Crippen LogP contribution in [0.5, 0.6) is 0 Å². The lowest BCUT2D eigenvalue weighted by Crippen LogP contribution is -1.77. The van der Waals surface area contributed by atoms with Crippen LogP contribution >= 0.6 is 49.9 Å². The van der Waals surface area contributed by atoms with E-state index in [2.05, 4.69) is 38.5 Å². The molecule has 1 aromatic carbocycles. The number of halogens is 2. The molecule has 1 nitrogen and oxygen atoms in total. The van der Waals surface area contributed by atoms with Gasteiger partial charge in [-0.3, -0.25) is 4.79 Å². The first-order chi connectivity index (χ1) is 6.24. The zero-order chi connectivity index (χ0) is 9.42. The van der Waals surface area contributed by atoms with Crippen LogP contribution in [0.25, 0.3) is 10.1 Å². The summed E-state index contributed by atoms with van der Waals surface area (Å²) in [5.41, 5.74) is 0.807. The van der Waals surface area contributed by atoms with Crippen LogP contribution in [0.4, 0.5) is 0 Å². The van der Waals surface area contributed by atoms with E-state index >= 15 is 0 Å². The smallest absolute Gasteiger partial charge is 0.152 e. The Bertz CT molecular complexity index is 478. The topological polar surface area (TPSA) is 17.1 Å². The van der Waals surface area contributed by atoms with Crippen molar-refractivity contribution < 1.29 is 4.79 Å². The molecule has 0 fully saturated rings. The highest BCUT2D eigenvalue weighted by atomic mass is 127. The second-order valence-corrected chi connectivity index (χ2v) is 6.21. The first kappa shape index (κ1) is 9.61. The van der Waals surface area contributed by atoms with Crippen molar-refractivity contribution >= 4 is 66.2 Å². The molecule has 4 heteroatoms. The standard InChI is InChI=1S/C9H4BrIOS/c10-7-3-1-2-5-6(4-12)9(11)13-8(5)7/h1-4H. The van der Waals surface area contributed by atoms with Crippen LogP contribution < -0.4 is 0 Å². The van der Waals surface area contributed by atoms with Crippen LogP contribution in [0.2, 0.25) is 0 Å². The van der Waals surface area contributed by atoms with E-state index in [0.29, 0.717) is 0 Å². The van der Waals surface area contributed by atoms with Crippen LogP contribution in [-0.4, -0.2) is 6.29 Å². The van der Waals surface area contributed by atoms with E-state index in [0.717, 1.165) is 29.3 Å². The summed E-state index contributed by atoms with van der Waals surface area (Å²) in [6.07, 6.45) is 0.924. The minimum absolute atomic E-state index is 0.807. The minimum Gasteiger partial charge on any atom is -0.298 e. The molecule has 0 saturated heterocycles. The summed E-state index contributed by atoms with van der Waals surface area (Å²) < 4.78 is 3.25. The maximum Gasteiger partial charge on any atom is 0.152 e. The molecule has 0 atom stereocenters. The number of hydrogen-bond acceptors (Lipinski definition) is 2. The molecule has 66 valence electrons. The van der Waals surface area contributed by atoms with Gasteiger partial charge >= 0.3 is 0 Å². The van der Waals surface area contributed by atoms with Crippen molar-refractivity contribution in [2.24, 2.45) is 0 Å². The van der Waals surface area contributed by atoms with Gasteiger partial charge in [0.05, 0.1) is 7.58 Å². The number of rotatable bonds is 1. The zero-order valence-corrected chi connectivity index (χ0v) is 10.9. The molecule has 2 rings (SSSR count). The molecule has 2 aromatic rings. The van der Waals surface area contributed by atoms with Gasteiger partial charge in [0.15, 0.2) is 6.29 Å². The Labute approximate surface area is 101 Å². The van der Waals surface area contributed by atoms with Crippen molar-refractivity contribution in [2.45, 2.75) is 0 Å². The molecule has 1 aromatic heterocycles. The average Bonchev–Trinajstić information content (AvgIpc) is 2.43. The fraction of sp³-hybridized carbons (Fsp3) is 0. The van der Waals surface area contributed by atoms with Crippen molar-refractivity contribution in [2.75, 3.05) is 0 Å². The molecule has 13 heavy (non-hydrogen) atoms. The predicted octanol–water partition coefficient (Wildman–Crippen LogP) is 4.08. The molecular weight excluding hydrogens is 363 g/mol. The fourth-order valence-corrected chi connectivity index (χ4v) is 3.77. The van der Waals surface area contributed by atoms with Crippen LogP contribution in [0.3, 0.4) is 0 Å². The summed E-state index contributed by atoms with van der Waals surface area (Å²) in [5, 5.41) is 1.04. The number of carbonyl (C=O) groups is 1. The lowest BCUT2D eigenvalue weighted by molar-refractivity contribution is 0.112. The van der Waals surface area contributed by atoms with Crippen LogP contribution in [0, 0.1) is 2.88 Å². The first-order valence-corrected chi connectivity index (χ1v) is 6.24. The molecule has 0 spiro atoms. The van der Waals surface area contributed by atoms with Gasteiger partial charge in [-0.25, -0.2) is 0 Å². The summed E-state index contributed by atoms with van der Waals surface area (Å²) in [6, 6.07) is 5.91. The number of carbonyl (C=O) groups excluding carboxylic acids is 1. The van der Waals surface area contributed by atoms with E-state index < -0.39 is 0 Å². The normalized spacial score (nSPS) is 10.6. The Morgan fingerprint density at radius 2 is 2.23 bits per heavy atom. The Hall–Kier alpha value is 0.0600. The van der Waals surface area contributed by atoms with Crippen molar-refractivity contribution in [3.05, 3.63) is 31.1 Å². The van der Waals surface area contributed by atoms with Crippen molar-refractivity contribution in [1.82, 2.24) is 0 Å². The van der Waals surface area contributed by atoms with E-state index in [1.54, 1.807) is 11.3 Å². The maximum atomic E-state index is 10.8. The minimum atomic E-state index is 0.807. The quantitative estimate of drug-likeness (QED) is 0.549. The van der Waals surface area contributed by atoms with Gasteiger partial charge in [-0.1, -0.05) is 12.1 Å². The maximum absolute atomic E-state index is 10.8. The van der Waals surface area contributed by atoms with Gasteiger partial charge in [-0.05, 0) is 44.6 Å². The van der Waals surface area contributed by atoms with Crippen LogP contribution in [-0.2, 0) is 0 Å². The summed E-state index contributed by atoms with van der Waals surface area (Å²) in [5.74, 6) is 0. The van der Waals surface area contributed by atoms with Gasteiger partial charge < -0.3 is 0 Å². The Morgan fingerprint density at radius 1 is 1.46 bits per heavy atom. The van der Waals surface area contributed by atoms with Crippen molar-refractivity contribution in [3.8, 4) is 0 Å². The predicted molar refractivity (Wildman–Crippen MR) is 67.6 cm³/mol. The third kappa shape index (κ3) is 1.55. The molecule has 0 bridgehead atoms.